The van der Waals surface area contributed by atoms with Gasteiger partial charge >= 0.3 is 6.03 Å². The van der Waals surface area contributed by atoms with Crippen molar-refractivity contribution in [2.45, 2.75) is 38.8 Å². The molecule has 1 unspecified atom stereocenters. The molecule has 0 radical (unpaired) electrons. The van der Waals surface area contributed by atoms with E-state index in [1.165, 1.54) is 0 Å². The predicted octanol–water partition coefficient (Wildman–Crippen LogP) is 0.448. The van der Waals surface area contributed by atoms with Crippen LogP contribution in [-0.4, -0.2) is 37.9 Å². The second-order valence-corrected chi connectivity index (χ2v) is 4.63. The largest absolute Gasteiger partial charge is 0.383 e. The molecule has 0 rings (SSSR count). The summed E-state index contributed by atoms with van der Waals surface area (Å²) in [4.78, 5) is 11.3. The lowest BCUT2D eigenvalue weighted by Gasteiger charge is -2.21. The molecule has 0 aromatic carbocycles. The normalized spacial score (nSPS) is 13.4. The Bertz CT molecular complexity index is 190. The smallest absolute Gasteiger partial charge is 0.315 e. The van der Waals surface area contributed by atoms with Gasteiger partial charge in [0.05, 0.1) is 6.61 Å². The highest BCUT2D eigenvalue weighted by Crippen LogP contribution is 1.97. The predicted molar refractivity (Wildman–Crippen MR) is 60.8 cm³/mol. The van der Waals surface area contributed by atoms with Crippen molar-refractivity contribution >= 4 is 6.03 Å². The number of nitrogens with two attached hydrogens (primary N) is 1. The molecule has 1 atom stereocenters. The summed E-state index contributed by atoms with van der Waals surface area (Å²) >= 11 is 0. The topological polar surface area (TPSA) is 76.4 Å². The van der Waals surface area contributed by atoms with Gasteiger partial charge in [0.15, 0.2) is 0 Å². The first-order chi connectivity index (χ1) is 6.85. The third-order valence-electron chi connectivity index (χ3n) is 1.67. The van der Waals surface area contributed by atoms with Crippen LogP contribution in [0.3, 0.4) is 0 Å². The summed E-state index contributed by atoms with van der Waals surface area (Å²) in [7, 11) is 1.61. The SMILES string of the molecule is COCC(N)CCNC(=O)NC(C)(C)C. The number of methoxy groups -OCH3 is 1. The number of carbonyl (C=O) groups is 1. The Kier molecular flexibility index (Phi) is 6.27. The third-order valence-corrected chi connectivity index (χ3v) is 1.67. The molecule has 4 N–H and O–H groups in total. The number of amides is 2. The van der Waals surface area contributed by atoms with E-state index in [1.54, 1.807) is 7.11 Å². The molecule has 0 saturated heterocycles. The maximum absolute atomic E-state index is 11.3. The molecule has 5 nitrogen and oxygen atoms in total. The van der Waals surface area contributed by atoms with Crippen LogP contribution in [0.4, 0.5) is 4.79 Å². The third kappa shape index (κ3) is 9.49. The van der Waals surface area contributed by atoms with Crippen LogP contribution < -0.4 is 16.4 Å². The Balaban J connectivity index is 3.55. The molecule has 0 heterocycles. The number of hydrogen-bond donors (Lipinski definition) is 3. The first-order valence-corrected chi connectivity index (χ1v) is 5.15. The lowest BCUT2D eigenvalue weighted by Crippen LogP contribution is -2.47. The van der Waals surface area contributed by atoms with Crippen LogP contribution in [0.15, 0.2) is 0 Å². The van der Waals surface area contributed by atoms with Gasteiger partial charge in [0.1, 0.15) is 0 Å². The van der Waals surface area contributed by atoms with Crippen molar-refractivity contribution < 1.29 is 9.53 Å². The molecule has 0 aromatic heterocycles. The lowest BCUT2D eigenvalue weighted by atomic mass is 10.1. The Hall–Kier alpha value is -0.810. The molecule has 0 aromatic rings. The van der Waals surface area contributed by atoms with E-state index in [-0.39, 0.29) is 17.6 Å². The molecule has 15 heavy (non-hydrogen) atoms. The first-order valence-electron chi connectivity index (χ1n) is 5.15. The van der Waals surface area contributed by atoms with Gasteiger partial charge in [-0.2, -0.15) is 0 Å². The van der Waals surface area contributed by atoms with E-state index in [1.807, 2.05) is 20.8 Å². The van der Waals surface area contributed by atoms with E-state index in [4.69, 9.17) is 10.5 Å². The van der Waals surface area contributed by atoms with Gasteiger partial charge < -0.3 is 21.1 Å². The highest BCUT2D eigenvalue weighted by molar-refractivity contribution is 5.74. The monoisotopic (exact) mass is 217 g/mol. The van der Waals surface area contributed by atoms with Crippen molar-refractivity contribution in [3.63, 3.8) is 0 Å². The second-order valence-electron chi connectivity index (χ2n) is 4.63. The number of hydrogen-bond acceptors (Lipinski definition) is 3. The quantitative estimate of drug-likeness (QED) is 0.625. The van der Waals surface area contributed by atoms with E-state index in [2.05, 4.69) is 10.6 Å². The lowest BCUT2D eigenvalue weighted by molar-refractivity contribution is 0.176. The second kappa shape index (κ2) is 6.63. The van der Waals surface area contributed by atoms with Crippen LogP contribution in [0.1, 0.15) is 27.2 Å². The molecule has 0 aliphatic rings. The number of nitrogens with one attached hydrogen (secondary N) is 2. The summed E-state index contributed by atoms with van der Waals surface area (Å²) in [6.07, 6.45) is 0.714. The van der Waals surface area contributed by atoms with E-state index in [0.29, 0.717) is 19.6 Å². The first kappa shape index (κ1) is 14.2. The van der Waals surface area contributed by atoms with Gasteiger partial charge in [-0.1, -0.05) is 0 Å². The van der Waals surface area contributed by atoms with Crippen molar-refractivity contribution in [3.05, 3.63) is 0 Å². The fraction of sp³-hybridized carbons (Fsp3) is 0.900. The maximum atomic E-state index is 11.3. The molecular weight excluding hydrogens is 194 g/mol. The zero-order valence-corrected chi connectivity index (χ0v) is 10.1. The highest BCUT2D eigenvalue weighted by Gasteiger charge is 2.13. The van der Waals surface area contributed by atoms with E-state index in [0.717, 1.165) is 0 Å². The molecule has 0 spiro atoms. The van der Waals surface area contributed by atoms with Gasteiger partial charge in [-0.3, -0.25) is 0 Å². The van der Waals surface area contributed by atoms with Gasteiger partial charge in [-0.05, 0) is 27.2 Å². The van der Waals surface area contributed by atoms with Crippen molar-refractivity contribution in [2.24, 2.45) is 5.73 Å². The molecule has 0 saturated carbocycles. The van der Waals surface area contributed by atoms with Crippen LogP contribution in [0.5, 0.6) is 0 Å². The molecule has 2 amide bonds. The molecule has 0 aliphatic heterocycles. The number of ether oxygens (including phenoxy) is 1. The van der Waals surface area contributed by atoms with Gasteiger partial charge in [0, 0.05) is 25.2 Å². The average molecular weight is 217 g/mol. The molecule has 90 valence electrons. The number of carbonyl (C=O) groups excluding carboxylic acids is 1. The summed E-state index contributed by atoms with van der Waals surface area (Å²) in [5, 5.41) is 5.55. The minimum atomic E-state index is -0.210. The minimum Gasteiger partial charge on any atom is -0.383 e. The van der Waals surface area contributed by atoms with E-state index in [9.17, 15) is 4.79 Å². The van der Waals surface area contributed by atoms with Crippen LogP contribution in [0, 0.1) is 0 Å². The van der Waals surface area contributed by atoms with E-state index >= 15 is 0 Å². The highest BCUT2D eigenvalue weighted by atomic mass is 16.5. The van der Waals surface area contributed by atoms with Crippen LogP contribution in [0.2, 0.25) is 0 Å². The summed E-state index contributed by atoms with van der Waals surface area (Å²) < 4.78 is 4.89. The molecule has 0 bridgehead atoms. The number of urea groups is 1. The molecular formula is C10H23N3O2. The molecule has 0 fully saturated rings. The molecule has 0 aliphatic carbocycles. The summed E-state index contributed by atoms with van der Waals surface area (Å²) in [6, 6.07) is -0.183. The molecule has 5 heteroatoms. The summed E-state index contributed by atoms with van der Waals surface area (Å²) in [5.74, 6) is 0. The Morgan fingerprint density at radius 2 is 2.07 bits per heavy atom. The standard InChI is InChI=1S/C10H23N3O2/c1-10(2,3)13-9(14)12-6-5-8(11)7-15-4/h8H,5-7,11H2,1-4H3,(H2,12,13,14). The van der Waals surface area contributed by atoms with Crippen molar-refractivity contribution in [3.8, 4) is 0 Å². The number of rotatable bonds is 5. The van der Waals surface area contributed by atoms with Crippen molar-refractivity contribution in [1.82, 2.24) is 10.6 Å². The Morgan fingerprint density at radius 1 is 1.47 bits per heavy atom. The van der Waals surface area contributed by atoms with Gasteiger partial charge in [0.2, 0.25) is 0 Å². The van der Waals surface area contributed by atoms with Crippen molar-refractivity contribution in [1.29, 1.82) is 0 Å². The minimum absolute atomic E-state index is 0.0232. The van der Waals surface area contributed by atoms with Crippen molar-refractivity contribution in [2.75, 3.05) is 20.3 Å². The van der Waals surface area contributed by atoms with Crippen LogP contribution in [-0.2, 0) is 4.74 Å². The zero-order chi connectivity index (χ0) is 11.9. The van der Waals surface area contributed by atoms with Gasteiger partial charge in [0.25, 0.3) is 0 Å². The Morgan fingerprint density at radius 3 is 2.53 bits per heavy atom. The summed E-state index contributed by atoms with van der Waals surface area (Å²) in [6.45, 7) is 6.88. The zero-order valence-electron chi connectivity index (χ0n) is 10.1. The Labute approximate surface area is 91.7 Å². The van der Waals surface area contributed by atoms with E-state index < -0.39 is 0 Å². The van der Waals surface area contributed by atoms with Crippen LogP contribution in [0.25, 0.3) is 0 Å². The fourth-order valence-electron chi connectivity index (χ4n) is 1.05. The van der Waals surface area contributed by atoms with Gasteiger partial charge in [-0.15, -0.1) is 0 Å². The van der Waals surface area contributed by atoms with Crippen LogP contribution >= 0.6 is 0 Å². The van der Waals surface area contributed by atoms with Gasteiger partial charge in [-0.25, -0.2) is 4.79 Å². The summed E-state index contributed by atoms with van der Waals surface area (Å²) in [5.41, 5.74) is 5.49. The fourth-order valence-corrected chi connectivity index (χ4v) is 1.05. The maximum Gasteiger partial charge on any atom is 0.315 e. The average Bonchev–Trinajstić information content (AvgIpc) is 2.00.